The molecule has 0 radical (unpaired) electrons. The van der Waals surface area contributed by atoms with Crippen LogP contribution in [-0.2, 0) is 9.59 Å². The average Bonchev–Trinajstić information content (AvgIpc) is 3.27. The Balaban J connectivity index is 1.50. The van der Waals surface area contributed by atoms with Gasteiger partial charge in [0.2, 0.25) is 17.0 Å². The molecule has 3 aromatic rings. The Morgan fingerprint density at radius 2 is 1.85 bits per heavy atom. The monoisotopic (exact) mass is 380 g/mol. The zero-order valence-corrected chi connectivity index (χ0v) is 15.3. The second kappa shape index (κ2) is 7.24. The van der Waals surface area contributed by atoms with Crippen molar-refractivity contribution in [3.63, 3.8) is 0 Å². The summed E-state index contributed by atoms with van der Waals surface area (Å²) in [6.45, 7) is 0. The van der Waals surface area contributed by atoms with Crippen molar-refractivity contribution in [2.45, 2.75) is 16.8 Å². The normalized spacial score (nSPS) is 16.8. The van der Waals surface area contributed by atoms with E-state index in [0.717, 1.165) is 5.56 Å². The van der Waals surface area contributed by atoms with Gasteiger partial charge < -0.3 is 4.74 Å². The van der Waals surface area contributed by atoms with Crippen LogP contribution in [0.3, 0.4) is 0 Å². The van der Waals surface area contributed by atoms with Gasteiger partial charge in [0.1, 0.15) is 11.0 Å². The summed E-state index contributed by atoms with van der Waals surface area (Å²) in [6.07, 6.45) is 0.116. The minimum Gasteiger partial charge on any atom is -0.497 e. The number of methoxy groups -OCH3 is 1. The second-order valence-corrected chi connectivity index (χ2v) is 7.08. The number of aromatic nitrogens is 3. The molecular formula is C19H16N4O3S. The van der Waals surface area contributed by atoms with Crippen molar-refractivity contribution in [1.29, 1.82) is 0 Å². The number of ether oxygens (including phenoxy) is 1. The molecule has 136 valence electrons. The molecule has 8 heteroatoms. The van der Waals surface area contributed by atoms with Crippen LogP contribution in [-0.4, -0.2) is 39.4 Å². The molecule has 1 aliphatic heterocycles. The first kappa shape index (κ1) is 17.3. The van der Waals surface area contributed by atoms with Gasteiger partial charge in [-0.15, -0.1) is 5.10 Å². The Bertz CT molecular complexity index is 972. The van der Waals surface area contributed by atoms with E-state index < -0.39 is 5.25 Å². The van der Waals surface area contributed by atoms with Crippen LogP contribution in [0.2, 0.25) is 0 Å². The first-order chi connectivity index (χ1) is 13.2. The summed E-state index contributed by atoms with van der Waals surface area (Å²) in [5.41, 5.74) is 1.44. The molecule has 0 aliphatic carbocycles. The van der Waals surface area contributed by atoms with E-state index in [1.54, 1.807) is 31.4 Å². The molecule has 1 aliphatic rings. The molecule has 1 aromatic heterocycles. The van der Waals surface area contributed by atoms with Gasteiger partial charge in [-0.2, -0.15) is 0 Å². The fraction of sp³-hybridized carbons (Fsp3) is 0.158. The third kappa shape index (κ3) is 3.43. The maximum absolute atomic E-state index is 12.7. The summed E-state index contributed by atoms with van der Waals surface area (Å²) in [7, 11) is 1.56. The zero-order valence-electron chi connectivity index (χ0n) is 14.5. The van der Waals surface area contributed by atoms with E-state index >= 15 is 0 Å². The Morgan fingerprint density at radius 3 is 2.56 bits per heavy atom. The van der Waals surface area contributed by atoms with E-state index in [2.05, 4.69) is 15.2 Å². The third-order valence-corrected chi connectivity index (χ3v) is 5.24. The number of aromatic amines is 1. The van der Waals surface area contributed by atoms with Crippen LogP contribution in [0.4, 0.5) is 5.69 Å². The number of carbonyl (C=O) groups excluding carboxylic acids is 2. The number of carbonyl (C=O) groups is 2. The molecule has 2 amide bonds. The van der Waals surface area contributed by atoms with E-state index in [-0.39, 0.29) is 18.2 Å². The molecule has 2 heterocycles. The highest BCUT2D eigenvalue weighted by molar-refractivity contribution is 8.00. The highest BCUT2D eigenvalue weighted by atomic mass is 32.2. The van der Waals surface area contributed by atoms with Crippen molar-refractivity contribution in [2.75, 3.05) is 12.0 Å². The van der Waals surface area contributed by atoms with Gasteiger partial charge in [-0.25, -0.2) is 9.88 Å². The quantitative estimate of drug-likeness (QED) is 0.685. The average molecular weight is 380 g/mol. The molecule has 4 rings (SSSR count). The molecule has 1 N–H and O–H groups in total. The highest BCUT2D eigenvalue weighted by Crippen LogP contribution is 2.33. The summed E-state index contributed by atoms with van der Waals surface area (Å²) in [5, 5.41) is 6.93. The van der Waals surface area contributed by atoms with Crippen LogP contribution < -0.4 is 9.64 Å². The lowest BCUT2D eigenvalue weighted by Crippen LogP contribution is -2.31. The number of rotatable bonds is 5. The summed E-state index contributed by atoms with van der Waals surface area (Å²) in [4.78, 5) is 30.7. The lowest BCUT2D eigenvalue weighted by Gasteiger charge is -2.14. The van der Waals surface area contributed by atoms with E-state index in [0.29, 0.717) is 22.4 Å². The molecule has 0 unspecified atom stereocenters. The number of nitrogens with zero attached hydrogens (tertiary/aromatic N) is 3. The second-order valence-electron chi connectivity index (χ2n) is 5.91. The van der Waals surface area contributed by atoms with Crippen LogP contribution in [0.1, 0.15) is 6.42 Å². The van der Waals surface area contributed by atoms with Crippen LogP contribution in [0.25, 0.3) is 11.4 Å². The molecule has 0 saturated carbocycles. The van der Waals surface area contributed by atoms with Crippen molar-refractivity contribution >= 4 is 29.3 Å². The summed E-state index contributed by atoms with van der Waals surface area (Å²) < 4.78 is 5.11. The summed E-state index contributed by atoms with van der Waals surface area (Å²) in [6, 6.07) is 16.4. The number of nitrogens with one attached hydrogen (secondary N) is 1. The molecule has 1 saturated heterocycles. The minimum atomic E-state index is -0.543. The highest BCUT2D eigenvalue weighted by Gasteiger charge is 2.40. The predicted octanol–water partition coefficient (Wildman–Crippen LogP) is 2.90. The summed E-state index contributed by atoms with van der Waals surface area (Å²) >= 11 is 1.19. The van der Waals surface area contributed by atoms with Crippen molar-refractivity contribution in [3.8, 4) is 17.1 Å². The zero-order chi connectivity index (χ0) is 18.8. The van der Waals surface area contributed by atoms with Gasteiger partial charge in [0, 0.05) is 12.0 Å². The van der Waals surface area contributed by atoms with Crippen LogP contribution in [0, 0.1) is 0 Å². The van der Waals surface area contributed by atoms with E-state index in [4.69, 9.17) is 4.74 Å². The summed E-state index contributed by atoms with van der Waals surface area (Å²) in [5.74, 6) is 0.794. The van der Waals surface area contributed by atoms with E-state index in [1.165, 1.54) is 16.7 Å². The maximum atomic E-state index is 12.7. The molecule has 0 spiro atoms. The van der Waals surface area contributed by atoms with Crippen molar-refractivity contribution < 1.29 is 14.3 Å². The van der Waals surface area contributed by atoms with Gasteiger partial charge >= 0.3 is 0 Å². The first-order valence-electron chi connectivity index (χ1n) is 8.31. The van der Waals surface area contributed by atoms with Gasteiger partial charge in [0.15, 0.2) is 5.82 Å². The number of benzene rings is 2. The van der Waals surface area contributed by atoms with Gasteiger partial charge in [0.05, 0.1) is 12.8 Å². The minimum absolute atomic E-state index is 0.116. The van der Waals surface area contributed by atoms with Crippen LogP contribution in [0.15, 0.2) is 59.8 Å². The number of amides is 2. The lowest BCUT2D eigenvalue weighted by atomic mass is 10.2. The number of hydrogen-bond donors (Lipinski definition) is 1. The predicted molar refractivity (Wildman–Crippen MR) is 102 cm³/mol. The number of hydrogen-bond acceptors (Lipinski definition) is 6. The number of imide groups is 1. The first-order valence-corrected chi connectivity index (χ1v) is 9.19. The SMILES string of the molecule is COc1ccc(N2C(=O)C[C@H](Sc3n[nH]c(-c4ccccc4)n3)C2=O)cc1. The Labute approximate surface area is 159 Å². The van der Waals surface area contributed by atoms with E-state index in [1.807, 2.05) is 30.3 Å². The smallest absolute Gasteiger partial charge is 0.247 e. The Morgan fingerprint density at radius 1 is 1.11 bits per heavy atom. The molecule has 0 bridgehead atoms. The fourth-order valence-corrected chi connectivity index (χ4v) is 3.78. The van der Waals surface area contributed by atoms with Crippen molar-refractivity contribution in [1.82, 2.24) is 15.2 Å². The molecule has 2 aromatic carbocycles. The molecule has 7 nitrogen and oxygen atoms in total. The van der Waals surface area contributed by atoms with Crippen LogP contribution in [0.5, 0.6) is 5.75 Å². The molecular weight excluding hydrogens is 364 g/mol. The van der Waals surface area contributed by atoms with Crippen LogP contribution >= 0.6 is 11.8 Å². The molecule has 1 atom stereocenters. The Kier molecular flexibility index (Phi) is 4.64. The Hall–Kier alpha value is -3.13. The topological polar surface area (TPSA) is 88.2 Å². The maximum Gasteiger partial charge on any atom is 0.247 e. The van der Waals surface area contributed by atoms with Crippen molar-refractivity contribution in [3.05, 3.63) is 54.6 Å². The third-order valence-electron chi connectivity index (χ3n) is 4.20. The molecule has 1 fully saturated rings. The van der Waals surface area contributed by atoms with Gasteiger partial charge in [0.25, 0.3) is 0 Å². The van der Waals surface area contributed by atoms with Gasteiger partial charge in [-0.1, -0.05) is 42.1 Å². The van der Waals surface area contributed by atoms with Crippen molar-refractivity contribution in [2.24, 2.45) is 0 Å². The van der Waals surface area contributed by atoms with E-state index in [9.17, 15) is 9.59 Å². The lowest BCUT2D eigenvalue weighted by molar-refractivity contribution is -0.121. The fourth-order valence-electron chi connectivity index (χ4n) is 2.85. The number of thioether (sulfide) groups is 1. The standard InChI is InChI=1S/C19H16N4O3S/c1-26-14-9-7-13(8-10-14)23-16(24)11-15(18(23)25)27-19-20-17(21-22-19)12-5-3-2-4-6-12/h2-10,15H,11H2,1H3,(H,20,21,22)/t15-/m0/s1. The number of anilines is 1. The van der Waals surface area contributed by atoms with Gasteiger partial charge in [-0.3, -0.25) is 14.7 Å². The number of H-pyrrole nitrogens is 1. The largest absolute Gasteiger partial charge is 0.497 e. The molecule has 27 heavy (non-hydrogen) atoms. The van der Waals surface area contributed by atoms with Gasteiger partial charge in [-0.05, 0) is 24.3 Å².